The molecule has 0 atom stereocenters. The van der Waals surface area contributed by atoms with Gasteiger partial charge < -0.3 is 9.84 Å². The smallest absolute Gasteiger partial charge is 0.339 e. The van der Waals surface area contributed by atoms with Gasteiger partial charge >= 0.3 is 6.18 Å². The average Bonchev–Trinajstić information content (AvgIpc) is 3.25. The minimum absolute atomic E-state index is 0.0162. The van der Waals surface area contributed by atoms with Gasteiger partial charge in [-0.1, -0.05) is 23.4 Å². The number of aryl methyl sites for hydroxylation is 1. The third-order valence-electron chi connectivity index (χ3n) is 5.58. The van der Waals surface area contributed by atoms with Crippen LogP contribution in [0.1, 0.15) is 24.3 Å². The molecule has 34 heavy (non-hydrogen) atoms. The maximum absolute atomic E-state index is 13.0. The van der Waals surface area contributed by atoms with E-state index in [0.29, 0.717) is 29.0 Å². The van der Waals surface area contributed by atoms with Gasteiger partial charge in [0.15, 0.2) is 0 Å². The van der Waals surface area contributed by atoms with Crippen LogP contribution >= 0.6 is 0 Å². The number of anilines is 1. The van der Waals surface area contributed by atoms with Crippen molar-refractivity contribution in [3.63, 3.8) is 0 Å². The fourth-order valence-corrected chi connectivity index (χ4v) is 5.29. The summed E-state index contributed by atoms with van der Waals surface area (Å²) in [6.07, 6.45) is -4.19. The van der Waals surface area contributed by atoms with Crippen LogP contribution in [0.5, 0.6) is 0 Å². The zero-order valence-corrected chi connectivity index (χ0v) is 18.9. The first kappa shape index (κ1) is 23.9. The largest absolute Gasteiger partial charge is 0.416 e. The fraction of sp³-hybridized carbons (Fsp3) is 0.318. The van der Waals surface area contributed by atoms with Gasteiger partial charge in [-0.15, -0.1) is 0 Å². The number of rotatable bonds is 5. The number of benzene rings is 2. The number of hydrogen-bond donors (Lipinski definition) is 1. The highest BCUT2D eigenvalue weighted by Gasteiger charge is 2.35. The van der Waals surface area contributed by atoms with Crippen molar-refractivity contribution in [3.8, 4) is 11.4 Å². The predicted molar refractivity (Wildman–Crippen MR) is 116 cm³/mol. The molecule has 2 heterocycles. The number of para-hydroxylation sites is 1. The molecular formula is C22H21F3N4O4S. The van der Waals surface area contributed by atoms with Crippen LogP contribution in [-0.2, 0) is 21.0 Å². The molecule has 2 aromatic carbocycles. The lowest BCUT2D eigenvalue weighted by atomic mass is 9.97. The minimum Gasteiger partial charge on any atom is -0.339 e. The molecule has 1 amide bonds. The van der Waals surface area contributed by atoms with E-state index < -0.39 is 32.6 Å². The minimum atomic E-state index is -4.65. The zero-order valence-electron chi connectivity index (χ0n) is 18.0. The molecule has 0 unspecified atom stereocenters. The summed E-state index contributed by atoms with van der Waals surface area (Å²) in [5.41, 5.74) is 0.0443. The molecule has 0 saturated carbocycles. The number of halogens is 3. The number of amides is 1. The van der Waals surface area contributed by atoms with Gasteiger partial charge in [0.25, 0.3) is 0 Å². The number of alkyl halides is 3. The number of carbonyl (C=O) groups is 1. The molecule has 3 aromatic rings. The molecule has 0 bridgehead atoms. The van der Waals surface area contributed by atoms with Crippen LogP contribution in [0.2, 0.25) is 0 Å². The monoisotopic (exact) mass is 494 g/mol. The van der Waals surface area contributed by atoms with E-state index in [0.717, 1.165) is 22.5 Å². The number of hydrogen-bond acceptors (Lipinski definition) is 6. The molecule has 1 aliphatic rings. The number of aromatic nitrogens is 2. The highest BCUT2D eigenvalue weighted by atomic mass is 32.2. The van der Waals surface area contributed by atoms with Crippen molar-refractivity contribution < 1.29 is 30.9 Å². The van der Waals surface area contributed by atoms with E-state index in [1.807, 2.05) is 0 Å². The van der Waals surface area contributed by atoms with E-state index >= 15 is 0 Å². The third-order valence-corrected chi connectivity index (χ3v) is 7.47. The normalized spacial score (nSPS) is 15.9. The van der Waals surface area contributed by atoms with Crippen LogP contribution < -0.4 is 5.32 Å². The summed E-state index contributed by atoms with van der Waals surface area (Å²) < 4.78 is 70.8. The van der Waals surface area contributed by atoms with Gasteiger partial charge in [-0.25, -0.2) is 8.42 Å². The molecule has 12 heteroatoms. The summed E-state index contributed by atoms with van der Waals surface area (Å²) in [5, 5.41) is 6.72. The van der Waals surface area contributed by atoms with Crippen molar-refractivity contribution in [2.75, 3.05) is 18.4 Å². The van der Waals surface area contributed by atoms with Crippen LogP contribution in [0.3, 0.4) is 0 Å². The summed E-state index contributed by atoms with van der Waals surface area (Å²) in [6.45, 7) is 1.68. The number of nitrogens with one attached hydrogen (secondary N) is 1. The van der Waals surface area contributed by atoms with E-state index in [9.17, 15) is 26.4 Å². The molecule has 1 aromatic heterocycles. The van der Waals surface area contributed by atoms with Gasteiger partial charge in [0.05, 0.1) is 16.1 Å². The molecule has 0 radical (unpaired) electrons. The first-order valence-electron chi connectivity index (χ1n) is 10.4. The summed E-state index contributed by atoms with van der Waals surface area (Å²) in [5.74, 6) is -0.0438. The number of piperidine rings is 1. The lowest BCUT2D eigenvalue weighted by Gasteiger charge is -2.30. The Hall–Kier alpha value is -3.25. The van der Waals surface area contributed by atoms with E-state index in [1.54, 1.807) is 31.2 Å². The average molecular weight is 494 g/mol. The zero-order chi connectivity index (χ0) is 24.5. The van der Waals surface area contributed by atoms with E-state index in [4.69, 9.17) is 4.52 Å². The van der Waals surface area contributed by atoms with Gasteiger partial charge in [-0.05, 0) is 43.2 Å². The molecule has 0 spiro atoms. The molecule has 8 nitrogen and oxygen atoms in total. The lowest BCUT2D eigenvalue weighted by Crippen LogP contribution is -2.41. The van der Waals surface area contributed by atoms with Crippen molar-refractivity contribution in [2.24, 2.45) is 5.92 Å². The second-order valence-corrected chi connectivity index (χ2v) is 9.81. The molecule has 180 valence electrons. The first-order valence-corrected chi connectivity index (χ1v) is 11.9. The third kappa shape index (κ3) is 4.97. The molecular weight excluding hydrogens is 473 g/mol. The van der Waals surface area contributed by atoms with Crippen molar-refractivity contribution in [1.29, 1.82) is 0 Å². The quantitative estimate of drug-likeness (QED) is 0.573. The molecule has 4 rings (SSSR count). The second kappa shape index (κ2) is 9.18. The molecule has 0 aliphatic carbocycles. The van der Waals surface area contributed by atoms with Gasteiger partial charge in [-0.3, -0.25) is 4.79 Å². The number of sulfonamides is 1. The Balaban J connectivity index is 1.43. The number of nitrogens with zero attached hydrogens (tertiary/aromatic N) is 3. The van der Waals surface area contributed by atoms with Gasteiger partial charge in [0.2, 0.25) is 27.6 Å². The maximum atomic E-state index is 13.0. The standard InChI is InChI=1S/C22H21F3N4O4S/c1-14-26-20(28-33-14)18-7-2-3-8-19(18)27-21(30)15-9-11-29(12-10-15)34(31,32)17-6-4-5-16(13-17)22(23,24)25/h2-8,13,15H,9-12H2,1H3,(H,27,30). The Kier molecular flexibility index (Phi) is 6.45. The molecule has 1 fully saturated rings. The first-order chi connectivity index (χ1) is 16.1. The Morgan fingerprint density at radius 3 is 2.47 bits per heavy atom. The van der Waals surface area contributed by atoms with Gasteiger partial charge in [0, 0.05) is 31.5 Å². The molecule has 1 saturated heterocycles. The van der Waals surface area contributed by atoms with E-state index in [2.05, 4.69) is 15.5 Å². The lowest BCUT2D eigenvalue weighted by molar-refractivity contribution is -0.137. The predicted octanol–water partition coefficient (Wildman–Crippen LogP) is 4.10. The Morgan fingerprint density at radius 1 is 1.12 bits per heavy atom. The maximum Gasteiger partial charge on any atom is 0.416 e. The summed E-state index contributed by atoms with van der Waals surface area (Å²) in [4.78, 5) is 16.6. The summed E-state index contributed by atoms with van der Waals surface area (Å²) >= 11 is 0. The summed E-state index contributed by atoms with van der Waals surface area (Å²) in [7, 11) is -4.12. The fourth-order valence-electron chi connectivity index (χ4n) is 3.77. The van der Waals surface area contributed by atoms with E-state index in [1.165, 1.54) is 0 Å². The van der Waals surface area contributed by atoms with E-state index in [-0.39, 0.29) is 31.8 Å². The van der Waals surface area contributed by atoms with Crippen LogP contribution in [0, 0.1) is 12.8 Å². The Labute approximate surface area is 193 Å². The van der Waals surface area contributed by atoms with Crippen molar-refractivity contribution in [1.82, 2.24) is 14.4 Å². The van der Waals surface area contributed by atoms with Crippen molar-refractivity contribution >= 4 is 21.6 Å². The Bertz CT molecular complexity index is 1300. The topological polar surface area (TPSA) is 105 Å². The van der Waals surface area contributed by atoms with Gasteiger partial charge in [0.1, 0.15) is 0 Å². The van der Waals surface area contributed by atoms with Crippen molar-refractivity contribution in [3.05, 3.63) is 60.0 Å². The molecule has 1 N–H and O–H groups in total. The molecule has 1 aliphatic heterocycles. The second-order valence-electron chi connectivity index (χ2n) is 7.88. The SMILES string of the molecule is Cc1nc(-c2ccccc2NC(=O)C2CCN(S(=O)(=O)c3cccc(C(F)(F)F)c3)CC2)no1. The van der Waals surface area contributed by atoms with Crippen LogP contribution in [0.25, 0.3) is 11.4 Å². The highest BCUT2D eigenvalue weighted by Crippen LogP contribution is 2.32. The van der Waals surface area contributed by atoms with Crippen LogP contribution in [0.4, 0.5) is 18.9 Å². The summed E-state index contributed by atoms with van der Waals surface area (Å²) in [6, 6.07) is 10.6. The number of carbonyl (C=O) groups excluding carboxylic acids is 1. The van der Waals surface area contributed by atoms with Crippen molar-refractivity contribution in [2.45, 2.75) is 30.8 Å². The van der Waals surface area contributed by atoms with Crippen LogP contribution in [-0.4, -0.2) is 41.9 Å². The highest BCUT2D eigenvalue weighted by molar-refractivity contribution is 7.89. The van der Waals surface area contributed by atoms with Gasteiger partial charge in [-0.2, -0.15) is 22.5 Å². The van der Waals surface area contributed by atoms with Crippen LogP contribution in [0.15, 0.2) is 57.9 Å². The Morgan fingerprint density at radius 2 is 1.82 bits per heavy atom.